The summed E-state index contributed by atoms with van der Waals surface area (Å²) in [6.45, 7) is 1.22. The van der Waals surface area contributed by atoms with Crippen molar-refractivity contribution in [3.63, 3.8) is 0 Å². The average Bonchev–Trinajstić information content (AvgIpc) is 3.17. The Hall–Kier alpha value is -1.86. The number of carbonyl (C=O) groups excluding carboxylic acids is 1. The van der Waals surface area contributed by atoms with Crippen LogP contribution in [0.3, 0.4) is 0 Å². The zero-order valence-corrected chi connectivity index (χ0v) is 16.5. The fraction of sp³-hybridized carbons (Fsp3) is 0.368. The molecule has 0 N–H and O–H groups in total. The van der Waals surface area contributed by atoms with Gasteiger partial charge >= 0.3 is 0 Å². The van der Waals surface area contributed by atoms with Crippen molar-refractivity contribution in [2.45, 2.75) is 10.6 Å². The largest absolute Gasteiger partial charge is 0.497 e. The second-order valence-electron chi connectivity index (χ2n) is 5.74. The van der Waals surface area contributed by atoms with E-state index in [0.29, 0.717) is 6.61 Å². The summed E-state index contributed by atoms with van der Waals surface area (Å²) in [6.07, 6.45) is 5.43. The third kappa shape index (κ3) is 4.45. The molecule has 1 fully saturated rings. The Bertz CT molecular complexity index is 712. The van der Waals surface area contributed by atoms with E-state index < -0.39 is 0 Å². The van der Waals surface area contributed by atoms with Gasteiger partial charge in [-0.1, -0.05) is 0 Å². The lowest BCUT2D eigenvalue weighted by Crippen LogP contribution is -2.40. The molecule has 0 saturated carbocycles. The van der Waals surface area contributed by atoms with E-state index in [1.54, 1.807) is 43.0 Å². The molecular formula is C19H22N2O3S2. The van der Waals surface area contributed by atoms with Gasteiger partial charge in [0.05, 0.1) is 7.11 Å². The minimum Gasteiger partial charge on any atom is -0.497 e. The molecule has 3 rings (SSSR count). The Morgan fingerprint density at radius 3 is 2.62 bits per heavy atom. The number of aromatic nitrogens is 1. The number of hydrogen-bond acceptors (Lipinski definition) is 6. The van der Waals surface area contributed by atoms with Crippen LogP contribution in [0.4, 0.5) is 0 Å². The van der Waals surface area contributed by atoms with Gasteiger partial charge in [-0.3, -0.25) is 9.78 Å². The number of ether oxygens (including phenoxy) is 2. The molecule has 26 heavy (non-hydrogen) atoms. The van der Waals surface area contributed by atoms with Gasteiger partial charge < -0.3 is 14.4 Å². The van der Waals surface area contributed by atoms with Crippen LogP contribution in [-0.2, 0) is 4.79 Å². The molecule has 2 aromatic rings. The maximum Gasteiger partial charge on any atom is 0.241 e. The molecule has 0 bridgehead atoms. The summed E-state index contributed by atoms with van der Waals surface area (Å²) in [4.78, 5) is 19.1. The van der Waals surface area contributed by atoms with Crippen molar-refractivity contribution in [3.05, 3.63) is 54.4 Å². The Morgan fingerprint density at radius 2 is 1.96 bits per heavy atom. The molecule has 2 unspecified atom stereocenters. The van der Waals surface area contributed by atoms with Crippen LogP contribution in [0.1, 0.15) is 10.8 Å². The maximum atomic E-state index is 13.1. The quantitative estimate of drug-likeness (QED) is 0.722. The molecule has 1 aliphatic heterocycles. The Kier molecular flexibility index (Phi) is 6.68. The SMILES string of the molecule is COc1ccc(OCC2SCCN2C(=O)C(SC)c2ccncc2)cc1. The Morgan fingerprint density at radius 1 is 1.27 bits per heavy atom. The molecule has 1 aliphatic rings. The van der Waals surface area contributed by atoms with Gasteiger partial charge in [-0.25, -0.2) is 0 Å². The molecular weight excluding hydrogens is 368 g/mol. The van der Waals surface area contributed by atoms with Crippen molar-refractivity contribution in [2.75, 3.05) is 32.3 Å². The first-order valence-electron chi connectivity index (χ1n) is 8.34. The van der Waals surface area contributed by atoms with E-state index in [0.717, 1.165) is 29.4 Å². The molecule has 2 atom stereocenters. The van der Waals surface area contributed by atoms with E-state index >= 15 is 0 Å². The maximum absolute atomic E-state index is 13.1. The lowest BCUT2D eigenvalue weighted by Gasteiger charge is -2.27. The summed E-state index contributed by atoms with van der Waals surface area (Å²) in [5.74, 6) is 2.64. The Balaban J connectivity index is 1.64. The normalized spacial score (nSPS) is 17.8. The van der Waals surface area contributed by atoms with Gasteiger partial charge in [-0.15, -0.1) is 23.5 Å². The van der Waals surface area contributed by atoms with Crippen LogP contribution < -0.4 is 9.47 Å². The molecule has 0 spiro atoms. The Labute approximate surface area is 162 Å². The van der Waals surface area contributed by atoms with Gasteiger partial charge in [0.25, 0.3) is 0 Å². The molecule has 0 radical (unpaired) electrons. The van der Waals surface area contributed by atoms with Gasteiger partial charge in [0.2, 0.25) is 5.91 Å². The van der Waals surface area contributed by atoms with Crippen LogP contribution in [0.25, 0.3) is 0 Å². The van der Waals surface area contributed by atoms with Gasteiger partial charge in [-0.2, -0.15) is 0 Å². The van der Waals surface area contributed by atoms with Gasteiger partial charge in [0, 0.05) is 24.7 Å². The van der Waals surface area contributed by atoms with E-state index in [4.69, 9.17) is 9.47 Å². The molecule has 1 amide bonds. The van der Waals surface area contributed by atoms with Crippen LogP contribution >= 0.6 is 23.5 Å². The van der Waals surface area contributed by atoms with Crippen LogP contribution in [0.5, 0.6) is 11.5 Å². The molecule has 1 aromatic carbocycles. The van der Waals surface area contributed by atoms with E-state index in [1.807, 2.05) is 47.6 Å². The second kappa shape index (κ2) is 9.19. The zero-order chi connectivity index (χ0) is 18.4. The first kappa shape index (κ1) is 18.9. The number of hydrogen-bond donors (Lipinski definition) is 0. The predicted octanol–water partition coefficient (Wildman–Crippen LogP) is 3.47. The average molecular weight is 391 g/mol. The number of benzene rings is 1. The van der Waals surface area contributed by atoms with Crippen molar-refractivity contribution in [1.29, 1.82) is 0 Å². The highest BCUT2D eigenvalue weighted by atomic mass is 32.2. The first-order valence-corrected chi connectivity index (χ1v) is 10.7. The van der Waals surface area contributed by atoms with Crippen LogP contribution in [0, 0.1) is 0 Å². The fourth-order valence-electron chi connectivity index (χ4n) is 2.82. The zero-order valence-electron chi connectivity index (χ0n) is 14.8. The highest BCUT2D eigenvalue weighted by Crippen LogP contribution is 2.33. The van der Waals surface area contributed by atoms with E-state index in [9.17, 15) is 4.79 Å². The summed E-state index contributed by atoms with van der Waals surface area (Å²) in [5, 5.41) is -0.179. The molecule has 7 heteroatoms. The number of methoxy groups -OCH3 is 1. The third-order valence-electron chi connectivity index (χ3n) is 4.19. The summed E-state index contributed by atoms with van der Waals surface area (Å²) >= 11 is 3.32. The standard InChI is InChI=1S/C19H22N2O3S2/c1-23-15-3-5-16(6-4-15)24-13-17-21(11-12-26-17)19(22)18(25-2)14-7-9-20-10-8-14/h3-10,17-18H,11-13H2,1-2H3. The van der Waals surface area contributed by atoms with Crippen molar-refractivity contribution in [3.8, 4) is 11.5 Å². The molecule has 2 heterocycles. The topological polar surface area (TPSA) is 51.7 Å². The second-order valence-corrected chi connectivity index (χ2v) is 7.97. The molecule has 1 saturated heterocycles. The van der Waals surface area contributed by atoms with E-state index in [1.165, 1.54) is 0 Å². The lowest BCUT2D eigenvalue weighted by molar-refractivity contribution is -0.131. The van der Waals surface area contributed by atoms with Crippen molar-refractivity contribution in [1.82, 2.24) is 9.88 Å². The highest BCUT2D eigenvalue weighted by molar-refractivity contribution is 8.00. The molecule has 138 valence electrons. The predicted molar refractivity (Wildman–Crippen MR) is 107 cm³/mol. The minimum atomic E-state index is -0.208. The minimum absolute atomic E-state index is 0.0288. The molecule has 1 aromatic heterocycles. The highest BCUT2D eigenvalue weighted by Gasteiger charge is 2.34. The number of carbonyl (C=O) groups is 1. The van der Waals surface area contributed by atoms with Crippen LogP contribution in [0.15, 0.2) is 48.8 Å². The number of thioether (sulfide) groups is 2. The van der Waals surface area contributed by atoms with Crippen LogP contribution in [-0.4, -0.2) is 53.4 Å². The molecule has 5 nitrogen and oxygen atoms in total. The van der Waals surface area contributed by atoms with Gasteiger partial charge in [0.15, 0.2) is 0 Å². The van der Waals surface area contributed by atoms with Gasteiger partial charge in [0.1, 0.15) is 28.7 Å². The van der Waals surface area contributed by atoms with E-state index in [-0.39, 0.29) is 16.5 Å². The fourth-order valence-corrected chi connectivity index (χ4v) is 4.71. The number of rotatable bonds is 7. The lowest BCUT2D eigenvalue weighted by atomic mass is 10.1. The van der Waals surface area contributed by atoms with Crippen molar-refractivity contribution in [2.24, 2.45) is 0 Å². The monoisotopic (exact) mass is 390 g/mol. The summed E-state index contributed by atoms with van der Waals surface area (Å²) in [6, 6.07) is 11.3. The third-order valence-corrected chi connectivity index (χ3v) is 6.33. The van der Waals surface area contributed by atoms with Gasteiger partial charge in [-0.05, 0) is 48.2 Å². The van der Waals surface area contributed by atoms with Crippen molar-refractivity contribution < 1.29 is 14.3 Å². The summed E-state index contributed by atoms with van der Waals surface area (Å²) in [7, 11) is 1.64. The van der Waals surface area contributed by atoms with Crippen LogP contribution in [0.2, 0.25) is 0 Å². The molecule has 0 aliphatic carbocycles. The van der Waals surface area contributed by atoms with E-state index in [2.05, 4.69) is 4.98 Å². The van der Waals surface area contributed by atoms with Crippen molar-refractivity contribution >= 4 is 29.4 Å². The smallest absolute Gasteiger partial charge is 0.241 e. The summed E-state index contributed by atoms with van der Waals surface area (Å²) in [5.41, 5.74) is 0.990. The number of amides is 1. The first-order chi connectivity index (χ1) is 12.7. The number of nitrogens with zero attached hydrogens (tertiary/aromatic N) is 2. The summed E-state index contributed by atoms with van der Waals surface area (Å²) < 4.78 is 11.1. The number of pyridine rings is 1.